The van der Waals surface area contributed by atoms with Crippen LogP contribution in [0.1, 0.15) is 5.56 Å². The van der Waals surface area contributed by atoms with Crippen molar-refractivity contribution < 1.29 is 9.47 Å². The average molecular weight is 331 g/mol. The molecule has 2 rings (SSSR count). The predicted octanol–water partition coefficient (Wildman–Crippen LogP) is 1.61. The van der Waals surface area contributed by atoms with E-state index < -0.39 is 0 Å². The molecule has 130 valence electrons. The van der Waals surface area contributed by atoms with E-state index in [4.69, 9.17) is 9.47 Å². The van der Waals surface area contributed by atoms with Gasteiger partial charge in [0.15, 0.2) is 5.96 Å². The maximum absolute atomic E-state index is 5.45. The number of aromatic nitrogens is 2. The SMILES string of the molecule is CN=C(NCCn1ccnc1)N(C)Cc1ccc(OC)cc1OC. The minimum absolute atomic E-state index is 0.678. The summed E-state index contributed by atoms with van der Waals surface area (Å²) in [6.07, 6.45) is 5.52. The van der Waals surface area contributed by atoms with Crippen LogP contribution in [0.15, 0.2) is 41.9 Å². The van der Waals surface area contributed by atoms with Gasteiger partial charge in [-0.25, -0.2) is 4.98 Å². The van der Waals surface area contributed by atoms with E-state index in [1.807, 2.05) is 36.0 Å². The van der Waals surface area contributed by atoms with Gasteiger partial charge in [-0.15, -0.1) is 0 Å². The van der Waals surface area contributed by atoms with Gasteiger partial charge in [-0.05, 0) is 12.1 Å². The third kappa shape index (κ3) is 4.65. The van der Waals surface area contributed by atoms with Crippen LogP contribution in [0.3, 0.4) is 0 Å². The van der Waals surface area contributed by atoms with Crippen LogP contribution < -0.4 is 14.8 Å². The summed E-state index contributed by atoms with van der Waals surface area (Å²) in [5.41, 5.74) is 1.07. The smallest absolute Gasteiger partial charge is 0.193 e. The summed E-state index contributed by atoms with van der Waals surface area (Å²) >= 11 is 0. The van der Waals surface area contributed by atoms with Crippen LogP contribution in [0, 0.1) is 0 Å². The van der Waals surface area contributed by atoms with Crippen LogP contribution >= 0.6 is 0 Å². The number of hydrogen-bond donors (Lipinski definition) is 1. The van der Waals surface area contributed by atoms with Gasteiger partial charge < -0.3 is 24.3 Å². The summed E-state index contributed by atoms with van der Waals surface area (Å²) in [6.45, 7) is 2.28. The minimum atomic E-state index is 0.678. The highest BCUT2D eigenvalue weighted by atomic mass is 16.5. The van der Waals surface area contributed by atoms with Crippen molar-refractivity contribution in [1.29, 1.82) is 0 Å². The topological polar surface area (TPSA) is 63.9 Å². The van der Waals surface area contributed by atoms with Gasteiger partial charge >= 0.3 is 0 Å². The number of nitrogens with zero attached hydrogens (tertiary/aromatic N) is 4. The predicted molar refractivity (Wildman–Crippen MR) is 94.6 cm³/mol. The Morgan fingerprint density at radius 3 is 2.79 bits per heavy atom. The second kappa shape index (κ2) is 8.81. The van der Waals surface area contributed by atoms with Crippen molar-refractivity contribution in [3.63, 3.8) is 0 Å². The molecule has 2 aromatic rings. The van der Waals surface area contributed by atoms with Crippen LogP contribution in [0.25, 0.3) is 0 Å². The zero-order valence-corrected chi connectivity index (χ0v) is 14.7. The normalized spacial score (nSPS) is 11.2. The van der Waals surface area contributed by atoms with Crippen LogP contribution in [-0.4, -0.2) is 55.3 Å². The Kier molecular flexibility index (Phi) is 6.48. The summed E-state index contributed by atoms with van der Waals surface area (Å²) in [5.74, 6) is 2.41. The molecular weight excluding hydrogens is 306 g/mol. The van der Waals surface area contributed by atoms with E-state index in [2.05, 4.69) is 20.2 Å². The Bertz CT molecular complexity index is 655. The van der Waals surface area contributed by atoms with Crippen molar-refractivity contribution in [3.8, 4) is 11.5 Å². The van der Waals surface area contributed by atoms with E-state index in [9.17, 15) is 0 Å². The lowest BCUT2D eigenvalue weighted by atomic mass is 10.2. The fourth-order valence-corrected chi connectivity index (χ4v) is 2.41. The molecule has 0 radical (unpaired) electrons. The molecular formula is C17H25N5O2. The Hall–Kier alpha value is -2.70. The van der Waals surface area contributed by atoms with E-state index in [0.29, 0.717) is 6.54 Å². The summed E-state index contributed by atoms with van der Waals surface area (Å²) < 4.78 is 12.7. The van der Waals surface area contributed by atoms with E-state index in [1.54, 1.807) is 33.8 Å². The van der Waals surface area contributed by atoms with Crippen LogP contribution in [0.2, 0.25) is 0 Å². The number of ether oxygens (including phenoxy) is 2. The van der Waals surface area contributed by atoms with Crippen molar-refractivity contribution in [2.45, 2.75) is 13.1 Å². The summed E-state index contributed by atoms with van der Waals surface area (Å²) in [6, 6.07) is 5.83. The van der Waals surface area contributed by atoms with Gasteiger partial charge in [-0.3, -0.25) is 4.99 Å². The molecule has 0 aliphatic heterocycles. The second-order valence-electron chi connectivity index (χ2n) is 5.31. The lowest BCUT2D eigenvalue weighted by Crippen LogP contribution is -2.39. The lowest BCUT2D eigenvalue weighted by Gasteiger charge is -2.23. The molecule has 0 spiro atoms. The first kappa shape index (κ1) is 17.7. The van der Waals surface area contributed by atoms with E-state index in [1.165, 1.54) is 0 Å². The molecule has 0 saturated heterocycles. The standard InChI is InChI=1S/C17H25N5O2/c1-18-17(20-8-10-22-9-7-19-13-22)21(2)12-14-5-6-15(23-3)11-16(14)24-4/h5-7,9,11,13H,8,10,12H2,1-4H3,(H,18,20). The molecule has 0 aliphatic rings. The fraction of sp³-hybridized carbons (Fsp3) is 0.412. The van der Waals surface area contributed by atoms with E-state index in [-0.39, 0.29) is 0 Å². The first-order valence-electron chi connectivity index (χ1n) is 7.76. The molecule has 1 aromatic heterocycles. The maximum Gasteiger partial charge on any atom is 0.193 e. The monoisotopic (exact) mass is 331 g/mol. The molecule has 0 aliphatic carbocycles. The zero-order valence-electron chi connectivity index (χ0n) is 14.7. The molecule has 0 unspecified atom stereocenters. The molecule has 24 heavy (non-hydrogen) atoms. The van der Waals surface area contributed by atoms with Crippen molar-refractivity contribution in [1.82, 2.24) is 19.8 Å². The Labute approximate surface area is 142 Å². The number of aliphatic imine (C=N–C) groups is 1. The van der Waals surface area contributed by atoms with Crippen LogP contribution in [0.4, 0.5) is 0 Å². The zero-order chi connectivity index (χ0) is 17.4. The molecule has 1 N–H and O–H groups in total. The van der Waals surface area contributed by atoms with Gasteiger partial charge in [0.05, 0.1) is 20.5 Å². The summed E-state index contributed by atoms with van der Waals surface area (Å²) in [4.78, 5) is 10.4. The van der Waals surface area contributed by atoms with Crippen LogP contribution in [0.5, 0.6) is 11.5 Å². The number of methoxy groups -OCH3 is 2. The quantitative estimate of drug-likeness (QED) is 0.617. The molecule has 0 bridgehead atoms. The Morgan fingerprint density at radius 1 is 1.33 bits per heavy atom. The minimum Gasteiger partial charge on any atom is -0.497 e. The van der Waals surface area contributed by atoms with Gasteiger partial charge in [0, 0.05) is 57.8 Å². The molecule has 0 saturated carbocycles. The van der Waals surface area contributed by atoms with E-state index in [0.717, 1.165) is 36.1 Å². The highest BCUT2D eigenvalue weighted by Gasteiger charge is 2.11. The maximum atomic E-state index is 5.45. The average Bonchev–Trinajstić information content (AvgIpc) is 3.12. The molecule has 7 nitrogen and oxygen atoms in total. The Balaban J connectivity index is 1.95. The number of hydrogen-bond acceptors (Lipinski definition) is 4. The summed E-state index contributed by atoms with van der Waals surface area (Å²) in [5, 5.41) is 3.35. The number of nitrogens with one attached hydrogen (secondary N) is 1. The van der Waals surface area contributed by atoms with Crippen LogP contribution in [-0.2, 0) is 13.1 Å². The highest BCUT2D eigenvalue weighted by molar-refractivity contribution is 5.79. The number of imidazole rings is 1. The number of guanidine groups is 1. The third-order valence-corrected chi connectivity index (χ3v) is 3.69. The molecule has 0 fully saturated rings. The van der Waals surface area contributed by atoms with Crippen molar-refractivity contribution in [2.24, 2.45) is 4.99 Å². The fourth-order valence-electron chi connectivity index (χ4n) is 2.41. The highest BCUT2D eigenvalue weighted by Crippen LogP contribution is 2.25. The van der Waals surface area contributed by atoms with Gasteiger partial charge in [-0.2, -0.15) is 0 Å². The first-order valence-corrected chi connectivity index (χ1v) is 7.76. The van der Waals surface area contributed by atoms with Gasteiger partial charge in [0.1, 0.15) is 11.5 Å². The van der Waals surface area contributed by atoms with Gasteiger partial charge in [-0.1, -0.05) is 0 Å². The largest absolute Gasteiger partial charge is 0.497 e. The molecule has 1 aromatic carbocycles. The lowest BCUT2D eigenvalue weighted by molar-refractivity contribution is 0.382. The number of benzene rings is 1. The number of rotatable bonds is 7. The molecule has 1 heterocycles. The van der Waals surface area contributed by atoms with Crippen molar-refractivity contribution in [2.75, 3.05) is 34.9 Å². The first-order chi connectivity index (χ1) is 11.7. The molecule has 0 amide bonds. The van der Waals surface area contributed by atoms with Crippen molar-refractivity contribution in [3.05, 3.63) is 42.5 Å². The van der Waals surface area contributed by atoms with Crippen molar-refractivity contribution >= 4 is 5.96 Å². The molecule has 0 atom stereocenters. The van der Waals surface area contributed by atoms with Gasteiger partial charge in [0.25, 0.3) is 0 Å². The second-order valence-corrected chi connectivity index (χ2v) is 5.31. The van der Waals surface area contributed by atoms with Gasteiger partial charge in [0.2, 0.25) is 0 Å². The van der Waals surface area contributed by atoms with E-state index >= 15 is 0 Å². The third-order valence-electron chi connectivity index (χ3n) is 3.69. The Morgan fingerprint density at radius 2 is 2.17 bits per heavy atom. The molecule has 7 heteroatoms. The summed E-state index contributed by atoms with van der Waals surface area (Å²) in [7, 11) is 7.08.